The number of fused-ring (bicyclic) bond motifs is 3. The Morgan fingerprint density at radius 2 is 2.17 bits per heavy atom. The van der Waals surface area contributed by atoms with Gasteiger partial charge in [0.1, 0.15) is 5.56 Å². The molecule has 3 rings (SSSR count). The standard InChI is InChI=1S/C16H22N2O5/c1-4-17-8-12-15(21-2)14(19)10(16(20)22-3)7-18(12)11-5-6-23-9-13(11)17/h7,11,13H,4-6,8-9H2,1-3H3/t11-,13+/m0/s1. The molecule has 2 aliphatic rings. The summed E-state index contributed by atoms with van der Waals surface area (Å²) in [6.45, 7) is 4.87. The van der Waals surface area contributed by atoms with Gasteiger partial charge >= 0.3 is 5.97 Å². The van der Waals surface area contributed by atoms with Crippen molar-refractivity contribution in [1.82, 2.24) is 9.47 Å². The Labute approximate surface area is 134 Å². The first-order valence-electron chi connectivity index (χ1n) is 7.84. The van der Waals surface area contributed by atoms with Gasteiger partial charge in [-0.15, -0.1) is 0 Å². The highest BCUT2D eigenvalue weighted by Gasteiger charge is 2.38. The van der Waals surface area contributed by atoms with E-state index < -0.39 is 11.4 Å². The van der Waals surface area contributed by atoms with Crippen molar-refractivity contribution in [3.05, 3.63) is 27.7 Å². The lowest BCUT2D eigenvalue weighted by Gasteiger charge is -2.45. The number of hydrogen-bond acceptors (Lipinski definition) is 6. The molecule has 0 aliphatic carbocycles. The third-order valence-corrected chi connectivity index (χ3v) is 4.78. The van der Waals surface area contributed by atoms with E-state index in [1.807, 2.05) is 4.57 Å². The van der Waals surface area contributed by atoms with Gasteiger partial charge < -0.3 is 18.8 Å². The third-order valence-electron chi connectivity index (χ3n) is 4.78. The number of hydrogen-bond donors (Lipinski definition) is 0. The molecule has 1 aromatic rings. The van der Waals surface area contributed by atoms with Crippen molar-refractivity contribution < 1.29 is 19.0 Å². The summed E-state index contributed by atoms with van der Waals surface area (Å²) in [6.07, 6.45) is 2.46. The smallest absolute Gasteiger partial charge is 0.343 e. The maximum absolute atomic E-state index is 12.5. The van der Waals surface area contributed by atoms with Crippen molar-refractivity contribution in [3.8, 4) is 5.75 Å². The van der Waals surface area contributed by atoms with Crippen LogP contribution in [-0.4, -0.2) is 55.5 Å². The van der Waals surface area contributed by atoms with Crippen LogP contribution in [0.3, 0.4) is 0 Å². The summed E-state index contributed by atoms with van der Waals surface area (Å²) in [4.78, 5) is 26.8. The number of ether oxygens (including phenoxy) is 3. The minimum atomic E-state index is -0.634. The van der Waals surface area contributed by atoms with Gasteiger partial charge in [-0.2, -0.15) is 0 Å². The van der Waals surface area contributed by atoms with Crippen LogP contribution in [0.1, 0.15) is 35.4 Å². The lowest BCUT2D eigenvalue weighted by molar-refractivity contribution is -0.0305. The van der Waals surface area contributed by atoms with E-state index in [1.165, 1.54) is 14.2 Å². The monoisotopic (exact) mass is 322 g/mol. The number of carbonyl (C=O) groups is 1. The molecule has 1 saturated heterocycles. The number of pyridine rings is 1. The number of methoxy groups -OCH3 is 2. The Balaban J connectivity index is 2.19. The molecule has 0 bridgehead atoms. The zero-order valence-corrected chi connectivity index (χ0v) is 13.7. The minimum absolute atomic E-state index is 0.0169. The number of carbonyl (C=O) groups excluding carboxylic acids is 1. The van der Waals surface area contributed by atoms with Crippen molar-refractivity contribution >= 4 is 5.97 Å². The van der Waals surface area contributed by atoms with Gasteiger partial charge in [-0.25, -0.2) is 4.79 Å². The van der Waals surface area contributed by atoms with Gasteiger partial charge in [0, 0.05) is 19.3 Å². The van der Waals surface area contributed by atoms with Crippen LogP contribution in [0.5, 0.6) is 5.75 Å². The molecule has 3 heterocycles. The van der Waals surface area contributed by atoms with Gasteiger partial charge in [0.05, 0.1) is 38.6 Å². The summed E-state index contributed by atoms with van der Waals surface area (Å²) >= 11 is 0. The molecule has 0 aromatic carbocycles. The van der Waals surface area contributed by atoms with E-state index in [1.54, 1.807) is 6.20 Å². The maximum Gasteiger partial charge on any atom is 0.343 e. The number of aromatic nitrogens is 1. The molecule has 23 heavy (non-hydrogen) atoms. The van der Waals surface area contributed by atoms with Crippen molar-refractivity contribution in [2.24, 2.45) is 0 Å². The molecule has 0 radical (unpaired) electrons. The molecule has 0 N–H and O–H groups in total. The summed E-state index contributed by atoms with van der Waals surface area (Å²) in [5, 5.41) is 0. The predicted octanol–water partition coefficient (Wildman–Crippen LogP) is 0.809. The largest absolute Gasteiger partial charge is 0.491 e. The Hall–Kier alpha value is -1.86. The predicted molar refractivity (Wildman–Crippen MR) is 82.9 cm³/mol. The van der Waals surface area contributed by atoms with Crippen LogP contribution < -0.4 is 10.2 Å². The van der Waals surface area contributed by atoms with E-state index in [-0.39, 0.29) is 23.4 Å². The number of esters is 1. The second-order valence-corrected chi connectivity index (χ2v) is 5.81. The topological polar surface area (TPSA) is 70.0 Å². The van der Waals surface area contributed by atoms with Gasteiger partial charge in [-0.3, -0.25) is 9.69 Å². The number of likely N-dealkylation sites (N-methyl/N-ethyl adjacent to an activating group) is 1. The summed E-state index contributed by atoms with van der Waals surface area (Å²) in [7, 11) is 2.74. The number of rotatable bonds is 3. The highest BCUT2D eigenvalue weighted by Crippen LogP contribution is 2.35. The Kier molecular flexibility index (Phi) is 4.41. The zero-order valence-electron chi connectivity index (χ0n) is 13.7. The lowest BCUT2D eigenvalue weighted by Crippen LogP contribution is -2.52. The van der Waals surface area contributed by atoms with Gasteiger partial charge in [0.2, 0.25) is 5.43 Å². The van der Waals surface area contributed by atoms with E-state index in [0.717, 1.165) is 18.7 Å². The quantitative estimate of drug-likeness (QED) is 0.767. The second kappa shape index (κ2) is 6.33. The normalized spacial score (nSPS) is 23.8. The van der Waals surface area contributed by atoms with Crippen molar-refractivity contribution in [2.75, 3.05) is 34.0 Å². The molecule has 0 unspecified atom stereocenters. The minimum Gasteiger partial charge on any atom is -0.491 e. The van der Waals surface area contributed by atoms with Crippen LogP contribution in [0.25, 0.3) is 0 Å². The molecular formula is C16H22N2O5. The highest BCUT2D eigenvalue weighted by atomic mass is 16.5. The van der Waals surface area contributed by atoms with Gasteiger partial charge in [0.15, 0.2) is 5.75 Å². The molecule has 1 aromatic heterocycles. The fraction of sp³-hybridized carbons (Fsp3) is 0.625. The second-order valence-electron chi connectivity index (χ2n) is 5.81. The van der Waals surface area contributed by atoms with Crippen LogP contribution >= 0.6 is 0 Å². The molecule has 1 fully saturated rings. The molecule has 7 heteroatoms. The summed E-state index contributed by atoms with van der Waals surface area (Å²) in [5.41, 5.74) is 0.422. The molecule has 0 spiro atoms. The fourth-order valence-electron chi connectivity index (χ4n) is 3.60. The molecule has 7 nitrogen and oxygen atoms in total. The fourth-order valence-corrected chi connectivity index (χ4v) is 3.60. The average Bonchev–Trinajstić information content (AvgIpc) is 2.59. The van der Waals surface area contributed by atoms with Crippen molar-refractivity contribution in [2.45, 2.75) is 32.0 Å². The number of nitrogens with zero attached hydrogens (tertiary/aromatic N) is 2. The van der Waals surface area contributed by atoms with E-state index in [9.17, 15) is 9.59 Å². The summed E-state index contributed by atoms with van der Waals surface area (Å²) in [6, 6.07) is 0.393. The Bertz CT molecular complexity index is 669. The molecule has 2 aliphatic heterocycles. The van der Waals surface area contributed by atoms with E-state index in [4.69, 9.17) is 14.2 Å². The maximum atomic E-state index is 12.5. The van der Waals surface area contributed by atoms with Crippen LogP contribution in [-0.2, 0) is 16.0 Å². The van der Waals surface area contributed by atoms with E-state index in [0.29, 0.717) is 19.8 Å². The third kappa shape index (κ3) is 2.53. The lowest BCUT2D eigenvalue weighted by atomic mass is 9.96. The first-order valence-corrected chi connectivity index (χ1v) is 7.84. The van der Waals surface area contributed by atoms with E-state index in [2.05, 4.69) is 11.8 Å². The van der Waals surface area contributed by atoms with Crippen LogP contribution in [0.15, 0.2) is 11.0 Å². The average molecular weight is 322 g/mol. The van der Waals surface area contributed by atoms with Gasteiger partial charge in [-0.05, 0) is 13.0 Å². The molecule has 126 valence electrons. The highest BCUT2D eigenvalue weighted by molar-refractivity contribution is 5.89. The van der Waals surface area contributed by atoms with Crippen LogP contribution in [0.2, 0.25) is 0 Å². The first-order chi connectivity index (χ1) is 11.1. The Morgan fingerprint density at radius 1 is 1.39 bits per heavy atom. The van der Waals surface area contributed by atoms with Crippen LogP contribution in [0.4, 0.5) is 0 Å². The molecule has 0 amide bonds. The summed E-state index contributed by atoms with van der Waals surface area (Å²) in [5.74, 6) is -0.401. The molecular weight excluding hydrogens is 300 g/mol. The first kappa shape index (κ1) is 16.0. The SMILES string of the molecule is CCN1Cc2c(OC)c(=O)c(C(=O)OC)cn2[C@H]2CCOC[C@H]21. The molecule has 0 saturated carbocycles. The van der Waals surface area contributed by atoms with Crippen molar-refractivity contribution in [3.63, 3.8) is 0 Å². The van der Waals surface area contributed by atoms with Crippen LogP contribution in [0, 0.1) is 0 Å². The molecule has 2 atom stereocenters. The zero-order chi connectivity index (χ0) is 16.6. The summed E-state index contributed by atoms with van der Waals surface area (Å²) < 4.78 is 17.7. The van der Waals surface area contributed by atoms with E-state index >= 15 is 0 Å². The van der Waals surface area contributed by atoms with Gasteiger partial charge in [-0.1, -0.05) is 6.92 Å². The van der Waals surface area contributed by atoms with Crippen molar-refractivity contribution in [1.29, 1.82) is 0 Å². The van der Waals surface area contributed by atoms with Gasteiger partial charge in [0.25, 0.3) is 0 Å². The Morgan fingerprint density at radius 3 is 2.83 bits per heavy atom.